The lowest BCUT2D eigenvalue weighted by Crippen LogP contribution is -2.36. The van der Waals surface area contributed by atoms with Crippen molar-refractivity contribution in [2.24, 2.45) is 0 Å². The summed E-state index contributed by atoms with van der Waals surface area (Å²) < 4.78 is 1.79. The summed E-state index contributed by atoms with van der Waals surface area (Å²) in [5.74, 6) is 0. The maximum atomic E-state index is 12.0. The number of hydrogen-bond donors (Lipinski definition) is 2. The Labute approximate surface area is 140 Å². The summed E-state index contributed by atoms with van der Waals surface area (Å²) in [6.07, 6.45) is 7.05. The number of rotatable bonds is 5. The highest BCUT2D eigenvalue weighted by Gasteiger charge is 2.09. The first-order valence-corrected chi connectivity index (χ1v) is 7.75. The van der Waals surface area contributed by atoms with Crippen LogP contribution < -0.4 is 10.6 Å². The lowest BCUT2D eigenvalue weighted by molar-refractivity contribution is 0.237. The summed E-state index contributed by atoms with van der Waals surface area (Å²) in [5, 5.41) is 9.97. The van der Waals surface area contributed by atoms with Crippen LogP contribution in [-0.2, 0) is 6.54 Å². The molecule has 0 aliphatic heterocycles. The molecule has 3 aromatic rings. The van der Waals surface area contributed by atoms with Crippen molar-refractivity contribution in [3.8, 4) is 5.69 Å². The Bertz CT molecular complexity index is 769. The van der Waals surface area contributed by atoms with Crippen LogP contribution in [-0.4, -0.2) is 20.8 Å². The number of benzene rings is 1. The molecule has 0 spiro atoms. The van der Waals surface area contributed by atoms with Crippen molar-refractivity contribution >= 4 is 6.03 Å². The molecule has 2 N–H and O–H groups in total. The van der Waals surface area contributed by atoms with Gasteiger partial charge in [-0.2, -0.15) is 5.10 Å². The number of hydrogen-bond acceptors (Lipinski definition) is 3. The summed E-state index contributed by atoms with van der Waals surface area (Å²) in [6.45, 7) is 2.42. The van der Waals surface area contributed by atoms with Crippen molar-refractivity contribution in [2.45, 2.75) is 19.5 Å². The van der Waals surface area contributed by atoms with E-state index in [1.165, 1.54) is 0 Å². The molecule has 0 aliphatic carbocycles. The maximum absolute atomic E-state index is 12.0. The first-order chi connectivity index (χ1) is 11.7. The van der Waals surface area contributed by atoms with Crippen molar-refractivity contribution < 1.29 is 4.79 Å². The van der Waals surface area contributed by atoms with Crippen molar-refractivity contribution in [1.82, 2.24) is 25.4 Å². The Balaban J connectivity index is 1.54. The van der Waals surface area contributed by atoms with E-state index < -0.39 is 0 Å². The number of carbonyl (C=O) groups is 1. The second kappa shape index (κ2) is 7.41. The predicted molar refractivity (Wildman–Crippen MR) is 91.6 cm³/mol. The number of amides is 2. The van der Waals surface area contributed by atoms with Crippen LogP contribution in [0.1, 0.15) is 24.1 Å². The molecule has 122 valence electrons. The fourth-order valence-corrected chi connectivity index (χ4v) is 2.35. The van der Waals surface area contributed by atoms with Gasteiger partial charge in [0, 0.05) is 31.3 Å². The highest BCUT2D eigenvalue weighted by Crippen LogP contribution is 2.15. The fourth-order valence-electron chi connectivity index (χ4n) is 2.35. The van der Waals surface area contributed by atoms with E-state index in [0.29, 0.717) is 6.54 Å². The Morgan fingerprint density at radius 1 is 1.12 bits per heavy atom. The lowest BCUT2D eigenvalue weighted by atomic mass is 10.1. The molecule has 1 aromatic carbocycles. The third-order valence-corrected chi connectivity index (χ3v) is 3.71. The Morgan fingerprint density at radius 2 is 1.88 bits per heavy atom. The van der Waals surface area contributed by atoms with E-state index >= 15 is 0 Å². The third kappa shape index (κ3) is 3.98. The van der Waals surface area contributed by atoms with E-state index in [1.54, 1.807) is 23.3 Å². The van der Waals surface area contributed by atoms with E-state index in [1.807, 2.05) is 55.6 Å². The summed E-state index contributed by atoms with van der Waals surface area (Å²) in [7, 11) is 0. The van der Waals surface area contributed by atoms with Crippen molar-refractivity contribution in [1.29, 1.82) is 0 Å². The van der Waals surface area contributed by atoms with Gasteiger partial charge in [0.25, 0.3) is 0 Å². The molecule has 2 heterocycles. The molecule has 3 rings (SSSR count). The van der Waals surface area contributed by atoms with Crippen LogP contribution in [0.25, 0.3) is 5.69 Å². The third-order valence-electron chi connectivity index (χ3n) is 3.71. The van der Waals surface area contributed by atoms with Gasteiger partial charge in [-0.25, -0.2) is 9.48 Å². The molecular formula is C18H19N5O. The number of pyridine rings is 1. The number of aromatic nitrogens is 3. The van der Waals surface area contributed by atoms with Crippen molar-refractivity contribution in [3.63, 3.8) is 0 Å². The summed E-state index contributed by atoms with van der Waals surface area (Å²) in [6, 6.07) is 13.3. The summed E-state index contributed by atoms with van der Waals surface area (Å²) in [4.78, 5) is 16.0. The molecule has 24 heavy (non-hydrogen) atoms. The molecule has 0 aliphatic rings. The molecule has 0 saturated carbocycles. The van der Waals surface area contributed by atoms with Gasteiger partial charge in [-0.3, -0.25) is 4.98 Å². The van der Waals surface area contributed by atoms with E-state index in [-0.39, 0.29) is 12.1 Å². The first-order valence-electron chi connectivity index (χ1n) is 7.75. The van der Waals surface area contributed by atoms with E-state index in [4.69, 9.17) is 0 Å². The van der Waals surface area contributed by atoms with Gasteiger partial charge in [-0.1, -0.05) is 12.1 Å². The molecule has 2 aromatic heterocycles. The smallest absolute Gasteiger partial charge is 0.315 e. The van der Waals surface area contributed by atoms with E-state index in [9.17, 15) is 4.79 Å². The Kier molecular flexibility index (Phi) is 4.86. The van der Waals surface area contributed by atoms with Gasteiger partial charge < -0.3 is 10.6 Å². The summed E-state index contributed by atoms with van der Waals surface area (Å²) in [5.41, 5.74) is 3.03. The molecule has 2 amide bonds. The Morgan fingerprint density at radius 3 is 2.54 bits per heavy atom. The first kappa shape index (κ1) is 15.7. The number of nitrogens with one attached hydrogen (secondary N) is 2. The zero-order valence-corrected chi connectivity index (χ0v) is 13.4. The van der Waals surface area contributed by atoms with Crippen LogP contribution in [0.15, 0.2) is 67.3 Å². The van der Waals surface area contributed by atoms with E-state index in [0.717, 1.165) is 16.8 Å². The number of nitrogens with zero attached hydrogens (tertiary/aromatic N) is 3. The van der Waals surface area contributed by atoms with Gasteiger partial charge in [-0.05, 0) is 48.4 Å². The topological polar surface area (TPSA) is 71.8 Å². The second-order valence-corrected chi connectivity index (χ2v) is 5.45. The van der Waals surface area contributed by atoms with Crippen molar-refractivity contribution in [2.75, 3.05) is 0 Å². The minimum Gasteiger partial charge on any atom is -0.334 e. The van der Waals surface area contributed by atoms with Gasteiger partial charge >= 0.3 is 6.03 Å². The predicted octanol–water partition coefficient (Wildman–Crippen LogP) is 2.83. The number of carbonyl (C=O) groups excluding carboxylic acids is 1. The largest absolute Gasteiger partial charge is 0.334 e. The standard InChI is InChI=1S/C18H19N5O/c1-14(22-18(24)20-13-15-7-10-19-11-8-15)16-3-5-17(6-4-16)23-12-2-9-21-23/h2-12,14H,13H2,1H3,(H2,20,22,24)/t14-/m0/s1. The normalized spacial score (nSPS) is 11.7. The van der Waals surface area contributed by atoms with Gasteiger partial charge in [0.1, 0.15) is 0 Å². The van der Waals surface area contributed by atoms with Crippen molar-refractivity contribution in [3.05, 3.63) is 78.4 Å². The molecule has 0 saturated heterocycles. The van der Waals surface area contributed by atoms with Crippen LogP contribution in [0.2, 0.25) is 0 Å². The van der Waals surface area contributed by atoms with Crippen LogP contribution in [0.5, 0.6) is 0 Å². The lowest BCUT2D eigenvalue weighted by Gasteiger charge is -2.15. The van der Waals surface area contributed by atoms with Gasteiger partial charge in [0.15, 0.2) is 0 Å². The average molecular weight is 321 g/mol. The minimum atomic E-state index is -0.199. The quantitative estimate of drug-likeness (QED) is 0.759. The van der Waals surface area contributed by atoms with Gasteiger partial charge in [0.2, 0.25) is 0 Å². The second-order valence-electron chi connectivity index (χ2n) is 5.45. The fraction of sp³-hybridized carbons (Fsp3) is 0.167. The van der Waals surface area contributed by atoms with Crippen LogP contribution in [0, 0.1) is 0 Å². The molecule has 0 unspecified atom stereocenters. The molecule has 0 radical (unpaired) electrons. The minimum absolute atomic E-state index is 0.0888. The van der Waals surface area contributed by atoms with Gasteiger partial charge in [0.05, 0.1) is 11.7 Å². The zero-order chi connectivity index (χ0) is 16.8. The monoisotopic (exact) mass is 321 g/mol. The van der Waals surface area contributed by atoms with Crippen LogP contribution in [0.4, 0.5) is 4.79 Å². The Hall–Kier alpha value is -3.15. The van der Waals surface area contributed by atoms with Crippen LogP contribution in [0.3, 0.4) is 0 Å². The molecular weight excluding hydrogens is 302 g/mol. The average Bonchev–Trinajstić information content (AvgIpc) is 3.16. The zero-order valence-electron chi connectivity index (χ0n) is 13.4. The van der Waals surface area contributed by atoms with Gasteiger partial charge in [-0.15, -0.1) is 0 Å². The highest BCUT2D eigenvalue weighted by molar-refractivity contribution is 5.74. The SMILES string of the molecule is C[C@H](NC(=O)NCc1ccncc1)c1ccc(-n2cccn2)cc1. The maximum Gasteiger partial charge on any atom is 0.315 e. The molecule has 0 fully saturated rings. The summed E-state index contributed by atoms with van der Waals surface area (Å²) >= 11 is 0. The molecule has 1 atom stereocenters. The molecule has 0 bridgehead atoms. The molecule has 6 nitrogen and oxygen atoms in total. The number of urea groups is 1. The van der Waals surface area contributed by atoms with Crippen LogP contribution >= 0.6 is 0 Å². The highest BCUT2D eigenvalue weighted by atomic mass is 16.2. The van der Waals surface area contributed by atoms with E-state index in [2.05, 4.69) is 20.7 Å². The molecule has 6 heteroatoms.